The Bertz CT molecular complexity index is 1020. The van der Waals surface area contributed by atoms with Crippen molar-refractivity contribution in [3.8, 4) is 11.5 Å². The van der Waals surface area contributed by atoms with Crippen LogP contribution in [-0.2, 0) is 0 Å². The van der Waals surface area contributed by atoms with Gasteiger partial charge in [0.15, 0.2) is 23.2 Å². The van der Waals surface area contributed by atoms with E-state index in [1.165, 1.54) is 31.4 Å². The standard InChI is InChI=1S/C26H27F3O3/c1-3-15-4-5-17-13-18(7-6-16(17)12-15)20-9-10-21(25(29)24(20)28)26(30)32-23-11-8-19(31-2)14-22(23)27/h3,8-11,14-18H,1,4-7,12-13H2,2H3. The Labute approximate surface area is 186 Å². The van der Waals surface area contributed by atoms with Crippen LogP contribution in [-0.4, -0.2) is 13.1 Å². The highest BCUT2D eigenvalue weighted by molar-refractivity contribution is 5.91. The van der Waals surface area contributed by atoms with E-state index in [2.05, 4.69) is 6.58 Å². The predicted molar refractivity (Wildman–Crippen MR) is 115 cm³/mol. The molecule has 4 unspecified atom stereocenters. The molecule has 0 amide bonds. The lowest BCUT2D eigenvalue weighted by Gasteiger charge is -2.41. The van der Waals surface area contributed by atoms with Gasteiger partial charge in [-0.3, -0.25) is 0 Å². The SMILES string of the molecule is C=CC1CCC2CC(c3ccc(C(=O)Oc4ccc(OC)cc4F)c(F)c3F)CCC2C1. The van der Waals surface area contributed by atoms with E-state index in [0.717, 1.165) is 44.6 Å². The minimum atomic E-state index is -1.25. The molecule has 4 atom stereocenters. The van der Waals surface area contributed by atoms with Gasteiger partial charge in [-0.2, -0.15) is 0 Å². The summed E-state index contributed by atoms with van der Waals surface area (Å²) in [5.41, 5.74) is -0.249. The Morgan fingerprint density at radius 2 is 1.75 bits per heavy atom. The Kier molecular flexibility index (Phi) is 6.58. The number of methoxy groups -OCH3 is 1. The summed E-state index contributed by atoms with van der Waals surface area (Å²) in [5.74, 6) is -2.78. The van der Waals surface area contributed by atoms with Crippen molar-refractivity contribution >= 4 is 5.97 Å². The molecule has 0 N–H and O–H groups in total. The zero-order valence-electron chi connectivity index (χ0n) is 18.1. The lowest BCUT2D eigenvalue weighted by Crippen LogP contribution is -2.30. The van der Waals surface area contributed by atoms with Crippen molar-refractivity contribution in [1.82, 2.24) is 0 Å². The van der Waals surface area contributed by atoms with E-state index in [4.69, 9.17) is 9.47 Å². The molecule has 0 aliphatic heterocycles. The van der Waals surface area contributed by atoms with Gasteiger partial charge in [-0.1, -0.05) is 12.1 Å². The van der Waals surface area contributed by atoms with E-state index in [-0.39, 0.29) is 17.4 Å². The number of hydrogen-bond acceptors (Lipinski definition) is 3. The first-order valence-corrected chi connectivity index (χ1v) is 11.1. The van der Waals surface area contributed by atoms with Gasteiger partial charge in [0.2, 0.25) is 0 Å². The molecular weight excluding hydrogens is 417 g/mol. The molecule has 2 fully saturated rings. The summed E-state index contributed by atoms with van der Waals surface area (Å²) in [4.78, 5) is 12.4. The fraction of sp³-hybridized carbons (Fsp3) is 0.423. The number of allylic oxidation sites excluding steroid dienone is 1. The Morgan fingerprint density at radius 1 is 1.00 bits per heavy atom. The van der Waals surface area contributed by atoms with Crippen molar-refractivity contribution < 1.29 is 27.4 Å². The van der Waals surface area contributed by atoms with Crippen LogP contribution in [0, 0.1) is 35.2 Å². The number of carbonyl (C=O) groups excluding carboxylic acids is 1. The minimum absolute atomic E-state index is 0.0739. The van der Waals surface area contributed by atoms with Gasteiger partial charge in [0.05, 0.1) is 12.7 Å². The summed E-state index contributed by atoms with van der Waals surface area (Å²) in [6, 6.07) is 6.36. The van der Waals surface area contributed by atoms with Gasteiger partial charge in [0, 0.05) is 6.07 Å². The van der Waals surface area contributed by atoms with Crippen LogP contribution in [0.1, 0.15) is 60.4 Å². The molecule has 3 nitrogen and oxygen atoms in total. The van der Waals surface area contributed by atoms with E-state index < -0.39 is 29.0 Å². The highest BCUT2D eigenvalue weighted by Crippen LogP contribution is 2.48. The third-order valence-electron chi connectivity index (χ3n) is 7.10. The maximum absolute atomic E-state index is 15.0. The fourth-order valence-corrected chi connectivity index (χ4v) is 5.31. The minimum Gasteiger partial charge on any atom is -0.497 e. The molecular formula is C26H27F3O3. The fourth-order valence-electron chi connectivity index (χ4n) is 5.31. The molecule has 0 heterocycles. The second kappa shape index (κ2) is 9.39. The molecule has 170 valence electrons. The molecule has 2 aliphatic carbocycles. The maximum atomic E-state index is 15.0. The topological polar surface area (TPSA) is 35.5 Å². The number of carbonyl (C=O) groups is 1. The van der Waals surface area contributed by atoms with Crippen molar-refractivity contribution in [3.63, 3.8) is 0 Å². The van der Waals surface area contributed by atoms with E-state index in [0.29, 0.717) is 23.3 Å². The van der Waals surface area contributed by atoms with Gasteiger partial charge in [0.25, 0.3) is 0 Å². The van der Waals surface area contributed by atoms with Crippen LogP contribution in [0.2, 0.25) is 0 Å². The highest BCUT2D eigenvalue weighted by Gasteiger charge is 2.36. The number of halogens is 3. The monoisotopic (exact) mass is 444 g/mol. The van der Waals surface area contributed by atoms with Crippen molar-refractivity contribution in [2.24, 2.45) is 17.8 Å². The van der Waals surface area contributed by atoms with Crippen molar-refractivity contribution in [2.75, 3.05) is 7.11 Å². The van der Waals surface area contributed by atoms with Crippen LogP contribution in [0.25, 0.3) is 0 Å². The zero-order valence-corrected chi connectivity index (χ0v) is 18.1. The summed E-state index contributed by atoms with van der Waals surface area (Å²) >= 11 is 0. The van der Waals surface area contributed by atoms with Crippen LogP contribution in [0.15, 0.2) is 43.0 Å². The maximum Gasteiger partial charge on any atom is 0.346 e. The first kappa shape index (κ1) is 22.4. The number of fused-ring (bicyclic) bond motifs is 1. The first-order valence-electron chi connectivity index (χ1n) is 11.1. The van der Waals surface area contributed by atoms with Crippen LogP contribution in [0.3, 0.4) is 0 Å². The normalized spacial score (nSPS) is 25.0. The second-order valence-electron chi connectivity index (χ2n) is 8.86. The summed E-state index contributed by atoms with van der Waals surface area (Å²) in [5, 5.41) is 0. The number of rotatable bonds is 5. The molecule has 2 saturated carbocycles. The van der Waals surface area contributed by atoms with Crippen molar-refractivity contribution in [3.05, 3.63) is 71.6 Å². The summed E-state index contributed by atoms with van der Waals surface area (Å²) in [6.07, 6.45) is 7.95. The second-order valence-corrected chi connectivity index (χ2v) is 8.86. The van der Waals surface area contributed by atoms with Gasteiger partial charge in [0.1, 0.15) is 5.75 Å². The first-order chi connectivity index (χ1) is 15.4. The number of hydrogen-bond donors (Lipinski definition) is 0. The molecule has 2 aliphatic rings. The van der Waals surface area contributed by atoms with E-state index in [1.54, 1.807) is 0 Å². The van der Waals surface area contributed by atoms with Gasteiger partial charge >= 0.3 is 5.97 Å². The van der Waals surface area contributed by atoms with E-state index >= 15 is 0 Å². The average Bonchev–Trinajstić information content (AvgIpc) is 2.81. The smallest absolute Gasteiger partial charge is 0.346 e. The quantitative estimate of drug-likeness (QED) is 0.288. The van der Waals surface area contributed by atoms with Crippen molar-refractivity contribution in [2.45, 2.75) is 44.4 Å². The molecule has 2 aromatic carbocycles. The van der Waals surface area contributed by atoms with Crippen LogP contribution < -0.4 is 9.47 Å². The van der Waals surface area contributed by atoms with Gasteiger partial charge in [-0.25, -0.2) is 18.0 Å². The molecule has 32 heavy (non-hydrogen) atoms. The largest absolute Gasteiger partial charge is 0.497 e. The summed E-state index contributed by atoms with van der Waals surface area (Å²) in [7, 11) is 1.37. The van der Waals surface area contributed by atoms with E-state index in [1.807, 2.05) is 6.08 Å². The molecule has 2 aromatic rings. The number of benzene rings is 2. The number of ether oxygens (including phenoxy) is 2. The van der Waals surface area contributed by atoms with E-state index in [9.17, 15) is 18.0 Å². The summed E-state index contributed by atoms with van der Waals surface area (Å²) in [6.45, 7) is 3.91. The van der Waals surface area contributed by atoms with Gasteiger partial charge in [-0.05, 0) is 86.0 Å². The Hall–Kier alpha value is -2.76. The van der Waals surface area contributed by atoms with Gasteiger partial charge < -0.3 is 9.47 Å². The van der Waals surface area contributed by atoms with Crippen LogP contribution in [0.5, 0.6) is 11.5 Å². The van der Waals surface area contributed by atoms with Crippen molar-refractivity contribution in [1.29, 1.82) is 0 Å². The third-order valence-corrected chi connectivity index (χ3v) is 7.10. The van der Waals surface area contributed by atoms with Gasteiger partial charge in [-0.15, -0.1) is 6.58 Å². The molecule has 0 spiro atoms. The molecule has 0 aromatic heterocycles. The Balaban J connectivity index is 1.49. The average molecular weight is 444 g/mol. The molecule has 0 bridgehead atoms. The molecule has 0 radical (unpaired) electrons. The number of esters is 1. The molecule has 6 heteroatoms. The summed E-state index contributed by atoms with van der Waals surface area (Å²) < 4.78 is 53.7. The zero-order chi connectivity index (χ0) is 22.8. The van der Waals surface area contributed by atoms with Crippen LogP contribution in [0.4, 0.5) is 13.2 Å². The lowest BCUT2D eigenvalue weighted by molar-refractivity contribution is 0.0721. The molecule has 0 saturated heterocycles. The molecule has 4 rings (SSSR count). The predicted octanol–water partition coefficient (Wildman–Crippen LogP) is 6.82. The third kappa shape index (κ3) is 4.41. The Morgan fingerprint density at radius 3 is 2.47 bits per heavy atom. The van der Waals surface area contributed by atoms with Crippen LogP contribution >= 0.6 is 0 Å². The highest BCUT2D eigenvalue weighted by atomic mass is 19.2. The lowest BCUT2D eigenvalue weighted by atomic mass is 9.64.